The number of hydrogen-bond acceptors (Lipinski definition) is 1. The highest BCUT2D eigenvalue weighted by Gasteiger charge is 2.07. The summed E-state index contributed by atoms with van der Waals surface area (Å²) in [5.41, 5.74) is 1.22. The molecule has 2 nitrogen and oxygen atoms in total. The third-order valence-electron chi connectivity index (χ3n) is 2.03. The summed E-state index contributed by atoms with van der Waals surface area (Å²) in [5, 5.41) is 2.63. The topological polar surface area (TPSA) is 29.1 Å². The molecule has 0 aromatic heterocycles. The minimum atomic E-state index is -0.355. The van der Waals surface area contributed by atoms with Crippen LogP contribution in [-0.2, 0) is 11.2 Å². The van der Waals surface area contributed by atoms with Gasteiger partial charge in [-0.15, -0.1) is 0 Å². The van der Waals surface area contributed by atoms with Crippen molar-refractivity contribution in [2.45, 2.75) is 13.3 Å². The van der Waals surface area contributed by atoms with E-state index < -0.39 is 0 Å². The Kier molecular flexibility index (Phi) is 4.03. The Labute approximate surface area is 88.8 Å². The highest BCUT2D eigenvalue weighted by atomic mass is 19.1. The second-order valence-electron chi connectivity index (χ2n) is 3.19. The van der Waals surface area contributed by atoms with E-state index in [9.17, 15) is 9.18 Å². The first-order valence-corrected chi connectivity index (χ1v) is 4.85. The molecule has 0 heterocycles. The van der Waals surface area contributed by atoms with E-state index in [1.54, 1.807) is 18.2 Å². The van der Waals surface area contributed by atoms with Gasteiger partial charge in [0.15, 0.2) is 0 Å². The summed E-state index contributed by atoms with van der Waals surface area (Å²) in [6, 6.07) is 4.62. The van der Waals surface area contributed by atoms with Gasteiger partial charge in [0.05, 0.1) is 6.42 Å². The van der Waals surface area contributed by atoms with Crippen LogP contribution in [0.1, 0.15) is 18.1 Å². The largest absolute Gasteiger partial charge is 0.356 e. The second kappa shape index (κ2) is 5.29. The molecule has 0 radical (unpaired) electrons. The fraction of sp³-hybridized carbons (Fsp3) is 0.250. The predicted octanol–water partition coefficient (Wildman–Crippen LogP) is 2.15. The lowest BCUT2D eigenvalue weighted by Gasteiger charge is -2.04. The molecule has 0 aliphatic rings. The first-order valence-electron chi connectivity index (χ1n) is 4.85. The maximum absolute atomic E-state index is 13.3. The van der Waals surface area contributed by atoms with Gasteiger partial charge in [0.1, 0.15) is 5.82 Å². The summed E-state index contributed by atoms with van der Waals surface area (Å²) >= 11 is 0. The van der Waals surface area contributed by atoms with Gasteiger partial charge in [-0.05, 0) is 30.2 Å². The zero-order valence-corrected chi connectivity index (χ0v) is 8.72. The average Bonchev–Trinajstić information content (AvgIpc) is 2.21. The maximum atomic E-state index is 13.3. The zero-order valence-electron chi connectivity index (χ0n) is 8.72. The first-order chi connectivity index (χ1) is 7.17. The van der Waals surface area contributed by atoms with Gasteiger partial charge >= 0.3 is 0 Å². The van der Waals surface area contributed by atoms with E-state index in [4.69, 9.17) is 0 Å². The molecule has 1 amide bonds. The van der Waals surface area contributed by atoms with E-state index in [1.807, 2.05) is 6.92 Å². The van der Waals surface area contributed by atoms with Crippen LogP contribution in [0.4, 0.5) is 4.39 Å². The lowest BCUT2D eigenvalue weighted by Crippen LogP contribution is -2.24. The third-order valence-corrected chi connectivity index (χ3v) is 2.03. The molecule has 1 aromatic carbocycles. The summed E-state index contributed by atoms with van der Waals surface area (Å²) in [6.45, 7) is 5.98. The lowest BCUT2D eigenvalue weighted by molar-refractivity contribution is -0.120. The Bertz CT molecular complexity index is 374. The van der Waals surface area contributed by atoms with Gasteiger partial charge in [0.2, 0.25) is 5.91 Å². The highest BCUT2D eigenvalue weighted by Crippen LogP contribution is 2.12. The molecule has 1 rings (SSSR count). The molecule has 0 unspecified atom stereocenters. The number of amides is 1. The minimum Gasteiger partial charge on any atom is -0.356 e. The zero-order chi connectivity index (χ0) is 11.3. The van der Waals surface area contributed by atoms with Crippen LogP contribution in [0, 0.1) is 5.82 Å². The smallest absolute Gasteiger partial charge is 0.224 e. The van der Waals surface area contributed by atoms with Crippen LogP contribution in [-0.4, -0.2) is 12.5 Å². The van der Waals surface area contributed by atoms with Crippen molar-refractivity contribution in [2.75, 3.05) is 6.54 Å². The lowest BCUT2D eigenvalue weighted by atomic mass is 10.1. The second-order valence-corrected chi connectivity index (χ2v) is 3.19. The Hall–Kier alpha value is -1.64. The summed E-state index contributed by atoms with van der Waals surface area (Å²) < 4.78 is 13.3. The normalized spacial score (nSPS) is 9.73. The number of benzene rings is 1. The number of halogens is 1. The number of hydrogen-bond donors (Lipinski definition) is 1. The molecule has 0 fully saturated rings. The minimum absolute atomic E-state index is 0.0708. The van der Waals surface area contributed by atoms with Crippen molar-refractivity contribution in [2.24, 2.45) is 0 Å². The van der Waals surface area contributed by atoms with E-state index in [2.05, 4.69) is 11.9 Å². The molecule has 15 heavy (non-hydrogen) atoms. The first kappa shape index (κ1) is 11.4. The fourth-order valence-electron chi connectivity index (χ4n) is 1.29. The molecule has 1 aromatic rings. The quantitative estimate of drug-likeness (QED) is 0.805. The van der Waals surface area contributed by atoms with Gasteiger partial charge in [-0.3, -0.25) is 4.79 Å². The molecule has 0 bridgehead atoms. The van der Waals surface area contributed by atoms with Gasteiger partial charge in [-0.1, -0.05) is 18.7 Å². The number of nitrogens with one attached hydrogen (secondary N) is 1. The molecule has 1 N–H and O–H groups in total. The molecule has 0 saturated heterocycles. The average molecular weight is 207 g/mol. The molecule has 80 valence electrons. The molecule has 0 aliphatic carbocycles. The van der Waals surface area contributed by atoms with Gasteiger partial charge < -0.3 is 5.32 Å². The van der Waals surface area contributed by atoms with Crippen LogP contribution in [0.15, 0.2) is 24.8 Å². The van der Waals surface area contributed by atoms with Crippen LogP contribution in [0.3, 0.4) is 0 Å². The van der Waals surface area contributed by atoms with Crippen molar-refractivity contribution in [3.63, 3.8) is 0 Å². The van der Waals surface area contributed by atoms with Gasteiger partial charge in [0.25, 0.3) is 0 Å². The Morgan fingerprint density at radius 3 is 2.93 bits per heavy atom. The van der Waals surface area contributed by atoms with Gasteiger partial charge in [-0.25, -0.2) is 4.39 Å². The fourth-order valence-corrected chi connectivity index (χ4v) is 1.29. The molecule has 0 aliphatic heterocycles. The summed E-state index contributed by atoms with van der Waals surface area (Å²) in [5.74, 6) is -0.524. The van der Waals surface area contributed by atoms with Gasteiger partial charge in [0, 0.05) is 6.54 Å². The van der Waals surface area contributed by atoms with Crippen LogP contribution in [0.25, 0.3) is 6.08 Å². The van der Waals surface area contributed by atoms with Crippen molar-refractivity contribution >= 4 is 12.0 Å². The van der Waals surface area contributed by atoms with E-state index in [0.717, 1.165) is 5.56 Å². The van der Waals surface area contributed by atoms with Crippen LogP contribution in [0.2, 0.25) is 0 Å². The molecule has 3 heteroatoms. The van der Waals surface area contributed by atoms with E-state index in [0.29, 0.717) is 12.1 Å². The number of carbonyl (C=O) groups is 1. The number of likely N-dealkylation sites (N-methyl/N-ethyl adjacent to an activating group) is 1. The van der Waals surface area contributed by atoms with Crippen LogP contribution >= 0.6 is 0 Å². The molecule has 0 atom stereocenters. The van der Waals surface area contributed by atoms with Crippen molar-refractivity contribution < 1.29 is 9.18 Å². The molecular weight excluding hydrogens is 193 g/mol. The monoisotopic (exact) mass is 207 g/mol. The van der Waals surface area contributed by atoms with E-state index in [-0.39, 0.29) is 18.1 Å². The Morgan fingerprint density at radius 2 is 2.33 bits per heavy atom. The maximum Gasteiger partial charge on any atom is 0.224 e. The summed E-state index contributed by atoms with van der Waals surface area (Å²) in [4.78, 5) is 11.3. The number of carbonyl (C=O) groups excluding carboxylic acids is 1. The Morgan fingerprint density at radius 1 is 1.60 bits per heavy atom. The van der Waals surface area contributed by atoms with Crippen LogP contribution in [0.5, 0.6) is 0 Å². The van der Waals surface area contributed by atoms with Crippen molar-refractivity contribution in [3.8, 4) is 0 Å². The molecular formula is C12H14FNO. The van der Waals surface area contributed by atoms with E-state index in [1.165, 1.54) is 6.07 Å². The van der Waals surface area contributed by atoms with Crippen molar-refractivity contribution in [3.05, 3.63) is 41.7 Å². The SMILES string of the molecule is C=Cc1ccc(F)c(CC(=O)NCC)c1. The van der Waals surface area contributed by atoms with Crippen LogP contribution < -0.4 is 5.32 Å². The summed E-state index contributed by atoms with van der Waals surface area (Å²) in [7, 11) is 0. The van der Waals surface area contributed by atoms with Crippen molar-refractivity contribution in [1.29, 1.82) is 0 Å². The molecule has 0 saturated carbocycles. The van der Waals surface area contributed by atoms with Gasteiger partial charge in [-0.2, -0.15) is 0 Å². The Balaban J connectivity index is 2.83. The predicted molar refractivity (Wildman–Crippen MR) is 58.9 cm³/mol. The van der Waals surface area contributed by atoms with Crippen molar-refractivity contribution in [1.82, 2.24) is 5.32 Å². The molecule has 0 spiro atoms. The third kappa shape index (κ3) is 3.20. The highest BCUT2D eigenvalue weighted by molar-refractivity contribution is 5.78. The summed E-state index contributed by atoms with van der Waals surface area (Å²) in [6.07, 6.45) is 1.70. The number of rotatable bonds is 4. The van der Waals surface area contributed by atoms with E-state index >= 15 is 0 Å². The standard InChI is InChI=1S/C12H14FNO/c1-3-9-5-6-11(13)10(7-9)8-12(15)14-4-2/h3,5-7H,1,4,8H2,2H3,(H,14,15).